The van der Waals surface area contributed by atoms with E-state index in [1.807, 2.05) is 0 Å². The minimum Gasteiger partial charge on any atom is -0.388 e. The Morgan fingerprint density at radius 3 is 2.25 bits per heavy atom. The van der Waals surface area contributed by atoms with Crippen molar-refractivity contribution >= 4 is 0 Å². The van der Waals surface area contributed by atoms with E-state index in [-0.39, 0.29) is 17.8 Å². The molecule has 0 spiro atoms. The highest BCUT2D eigenvalue weighted by atomic mass is 19.4. The summed E-state index contributed by atoms with van der Waals surface area (Å²) in [6.07, 6.45) is 0.508. The van der Waals surface area contributed by atoms with E-state index in [1.54, 1.807) is 0 Å². The lowest BCUT2D eigenvalue weighted by Crippen LogP contribution is -2.55. The van der Waals surface area contributed by atoms with Gasteiger partial charge in [-0.25, -0.2) is 0 Å². The molecule has 2 nitrogen and oxygen atoms in total. The molecule has 36 heavy (non-hydrogen) atoms. The first-order valence-electron chi connectivity index (χ1n) is 12.8. The number of hydrogen-bond donors (Lipinski definition) is 2. The molecule has 0 radical (unpaired) electrons. The van der Waals surface area contributed by atoms with Crippen LogP contribution in [-0.4, -0.2) is 34.3 Å². The molecule has 0 unspecified atom stereocenters. The van der Waals surface area contributed by atoms with Gasteiger partial charge < -0.3 is 10.2 Å². The van der Waals surface area contributed by atoms with Gasteiger partial charge in [0.25, 0.3) is 0 Å². The summed E-state index contributed by atoms with van der Waals surface area (Å²) >= 11 is 0. The first-order chi connectivity index (χ1) is 16.6. The Bertz CT molecular complexity index is 990. The van der Waals surface area contributed by atoms with Crippen molar-refractivity contribution < 1.29 is 36.6 Å². The molecule has 0 bridgehead atoms. The van der Waals surface area contributed by atoms with Crippen LogP contribution >= 0.6 is 0 Å². The van der Waals surface area contributed by atoms with Crippen LogP contribution in [0.1, 0.15) is 77.6 Å². The molecule has 2 N–H and O–H groups in total. The molecule has 0 aromatic rings. The second-order valence-electron chi connectivity index (χ2n) is 11.5. The maximum atomic E-state index is 13.0. The molecule has 4 aliphatic rings. The normalized spacial score (nSPS) is 34.9. The van der Waals surface area contributed by atoms with Crippen molar-refractivity contribution in [3.8, 4) is 11.8 Å². The SMILES string of the molecule is C=C1/C(=C\C=C2/CCC[C@]3(C)[C@@H](C4(CC#CC(O)(C(F)(F)F)C(F)(F)F)CC4)CC[C@@H]23)CCC[C@@H]1O. The molecule has 0 aromatic heterocycles. The third-order valence-corrected chi connectivity index (χ3v) is 9.36. The maximum Gasteiger partial charge on any atom is 0.438 e. The molecule has 0 aliphatic heterocycles. The predicted molar refractivity (Wildman–Crippen MR) is 124 cm³/mol. The highest BCUT2D eigenvalue weighted by Crippen LogP contribution is 2.69. The molecule has 4 rings (SSSR count). The van der Waals surface area contributed by atoms with Gasteiger partial charge in [0.1, 0.15) is 0 Å². The van der Waals surface area contributed by atoms with Crippen molar-refractivity contribution in [1.29, 1.82) is 0 Å². The Kier molecular flexibility index (Phi) is 7.01. The highest BCUT2D eigenvalue weighted by molar-refractivity contribution is 5.38. The van der Waals surface area contributed by atoms with Crippen LogP contribution in [0, 0.1) is 34.5 Å². The van der Waals surface area contributed by atoms with Crippen LogP contribution < -0.4 is 0 Å². The number of hydrogen-bond acceptors (Lipinski definition) is 2. The van der Waals surface area contributed by atoms with Crippen molar-refractivity contribution in [1.82, 2.24) is 0 Å². The molecule has 4 atom stereocenters. The van der Waals surface area contributed by atoms with E-state index in [9.17, 15) is 36.6 Å². The van der Waals surface area contributed by atoms with Crippen LogP contribution in [0.15, 0.2) is 35.5 Å². The quantitative estimate of drug-likeness (QED) is 0.308. The molecule has 4 saturated carbocycles. The van der Waals surface area contributed by atoms with Crippen LogP contribution in [0.2, 0.25) is 0 Å². The third kappa shape index (κ3) is 4.67. The topological polar surface area (TPSA) is 40.5 Å². The number of fused-ring (bicyclic) bond motifs is 1. The summed E-state index contributed by atoms with van der Waals surface area (Å²) in [5.41, 5.74) is -2.32. The Hall–Kier alpha value is -1.72. The van der Waals surface area contributed by atoms with E-state index in [0.29, 0.717) is 5.92 Å². The smallest absolute Gasteiger partial charge is 0.388 e. The average molecular weight is 517 g/mol. The zero-order chi connectivity index (χ0) is 26.6. The summed E-state index contributed by atoms with van der Waals surface area (Å²) in [6.45, 7) is 6.25. The monoisotopic (exact) mass is 516 g/mol. The fourth-order valence-corrected chi connectivity index (χ4v) is 7.14. The first-order valence-corrected chi connectivity index (χ1v) is 12.8. The predicted octanol–water partition coefficient (Wildman–Crippen LogP) is 7.19. The van der Waals surface area contributed by atoms with Gasteiger partial charge in [-0.3, -0.25) is 0 Å². The second-order valence-corrected chi connectivity index (χ2v) is 11.5. The Morgan fingerprint density at radius 2 is 1.64 bits per heavy atom. The van der Waals surface area contributed by atoms with E-state index in [2.05, 4.69) is 31.6 Å². The van der Waals surface area contributed by atoms with Crippen LogP contribution in [0.4, 0.5) is 26.3 Å². The third-order valence-electron chi connectivity index (χ3n) is 9.36. The van der Waals surface area contributed by atoms with E-state index in [1.165, 1.54) is 5.57 Å². The van der Waals surface area contributed by atoms with E-state index < -0.39 is 29.5 Å². The Labute approximate surface area is 208 Å². The standard InChI is InChI=1S/C28H34F6O2/c1-18-19(6-3-8-22(18)35)9-10-20-7-4-13-24(2)21(20)11-12-23(24)25(16-17-25)14-5-15-26(36,27(29,30)31)28(32,33)34/h9-10,21-23,35-36H,1,3-4,6-8,11-14,16-17H2,2H3/b19-9-,20-10+/t21-,22-,23-,24-/m0/s1. The van der Waals surface area contributed by atoms with Crippen LogP contribution in [-0.2, 0) is 0 Å². The molecular weight excluding hydrogens is 482 g/mol. The molecule has 0 aromatic carbocycles. The van der Waals surface area contributed by atoms with Crippen LogP contribution in [0.25, 0.3) is 0 Å². The maximum absolute atomic E-state index is 13.0. The molecular formula is C28H34F6O2. The first kappa shape index (κ1) is 27.3. The zero-order valence-corrected chi connectivity index (χ0v) is 20.5. The van der Waals surface area contributed by atoms with Gasteiger partial charge in [-0.05, 0) is 104 Å². The summed E-state index contributed by atoms with van der Waals surface area (Å²) < 4.78 is 78.1. The Morgan fingerprint density at radius 1 is 0.972 bits per heavy atom. The lowest BCUT2D eigenvalue weighted by atomic mass is 9.59. The number of aliphatic hydroxyl groups is 2. The molecule has 8 heteroatoms. The van der Waals surface area contributed by atoms with Gasteiger partial charge in [0.15, 0.2) is 0 Å². The van der Waals surface area contributed by atoms with E-state index in [0.717, 1.165) is 81.3 Å². The summed E-state index contributed by atoms with van der Waals surface area (Å²) in [6, 6.07) is 0. The second kappa shape index (κ2) is 9.23. The molecule has 0 amide bonds. The van der Waals surface area contributed by atoms with Crippen LogP contribution in [0.3, 0.4) is 0 Å². The van der Waals surface area contributed by atoms with Crippen molar-refractivity contribution in [2.24, 2.45) is 22.7 Å². The fraction of sp³-hybridized carbons (Fsp3) is 0.714. The Balaban J connectivity index is 1.54. The van der Waals surface area contributed by atoms with Gasteiger partial charge in [0, 0.05) is 6.42 Å². The summed E-state index contributed by atoms with van der Waals surface area (Å²) in [5, 5.41) is 19.5. The zero-order valence-electron chi connectivity index (χ0n) is 20.5. The summed E-state index contributed by atoms with van der Waals surface area (Å²) in [7, 11) is 0. The number of rotatable bonds is 3. The molecule has 4 fully saturated rings. The highest BCUT2D eigenvalue weighted by Gasteiger charge is 2.70. The van der Waals surface area contributed by atoms with Crippen molar-refractivity contribution in [2.45, 2.75) is 102 Å². The van der Waals surface area contributed by atoms with Gasteiger partial charge in [-0.2, -0.15) is 26.3 Å². The minimum absolute atomic E-state index is 0.0741. The average Bonchev–Trinajstić information content (AvgIpc) is 3.46. The molecule has 4 aliphatic carbocycles. The number of alkyl halides is 6. The summed E-state index contributed by atoms with van der Waals surface area (Å²) in [4.78, 5) is 0. The largest absolute Gasteiger partial charge is 0.438 e. The van der Waals surface area contributed by atoms with Gasteiger partial charge in [-0.15, -0.1) is 0 Å². The van der Waals surface area contributed by atoms with Gasteiger partial charge in [-0.1, -0.05) is 37.1 Å². The van der Waals surface area contributed by atoms with Crippen molar-refractivity contribution in [2.75, 3.05) is 0 Å². The lowest BCUT2D eigenvalue weighted by Gasteiger charge is -2.45. The fourth-order valence-electron chi connectivity index (χ4n) is 7.14. The number of allylic oxidation sites excluding steroid dienone is 3. The van der Waals surface area contributed by atoms with E-state index in [4.69, 9.17) is 0 Å². The molecule has 200 valence electrons. The summed E-state index contributed by atoms with van der Waals surface area (Å²) in [5.74, 6) is 3.76. The van der Waals surface area contributed by atoms with Crippen molar-refractivity contribution in [3.05, 3.63) is 35.5 Å². The number of aliphatic hydroxyl groups excluding tert-OH is 1. The van der Waals surface area contributed by atoms with Gasteiger partial charge in [0.05, 0.1) is 6.10 Å². The van der Waals surface area contributed by atoms with Gasteiger partial charge >= 0.3 is 18.0 Å². The number of halogens is 6. The minimum atomic E-state index is -5.92. The molecule has 0 saturated heterocycles. The lowest BCUT2D eigenvalue weighted by molar-refractivity contribution is -0.343. The molecule has 0 heterocycles. The van der Waals surface area contributed by atoms with E-state index >= 15 is 0 Å². The van der Waals surface area contributed by atoms with Crippen LogP contribution in [0.5, 0.6) is 0 Å². The van der Waals surface area contributed by atoms with Gasteiger partial charge in [0.2, 0.25) is 0 Å². The van der Waals surface area contributed by atoms with Crippen molar-refractivity contribution in [3.63, 3.8) is 0 Å².